The summed E-state index contributed by atoms with van der Waals surface area (Å²) in [5, 5.41) is 0. The predicted molar refractivity (Wildman–Crippen MR) is 36.4 cm³/mol. The van der Waals surface area contributed by atoms with Crippen molar-refractivity contribution in [2.45, 2.75) is 18.6 Å². The lowest BCUT2D eigenvalue weighted by molar-refractivity contribution is 0.938. The quantitative estimate of drug-likeness (QED) is 0.468. The molecule has 0 N–H and O–H groups in total. The molecule has 0 aromatic rings. The molecule has 0 aliphatic heterocycles. The topological polar surface area (TPSA) is 0 Å². The number of thioether (sulfide) groups is 1. The van der Waals surface area contributed by atoms with Gasteiger partial charge in [0.25, 0.3) is 0 Å². The first kappa shape index (κ1) is 6.91. The number of hydrogen-bond acceptors (Lipinski definition) is 1. The lowest BCUT2D eigenvalue weighted by Crippen LogP contribution is -2.08. The molecule has 0 heterocycles. The van der Waals surface area contributed by atoms with Crippen molar-refractivity contribution in [3.05, 3.63) is 0 Å². The first-order valence-corrected chi connectivity index (χ1v) is 3.38. The Bertz CT molecular complexity index is 86.8. The van der Waals surface area contributed by atoms with E-state index in [1.165, 1.54) is 0 Å². The average Bonchev–Trinajstić information content (AvgIpc) is 1.68. The van der Waals surface area contributed by atoms with Crippen LogP contribution in [-0.4, -0.2) is 11.0 Å². The Morgan fingerprint density at radius 1 is 1.57 bits per heavy atom. The Morgan fingerprint density at radius 2 is 2.00 bits per heavy atom. The van der Waals surface area contributed by atoms with E-state index in [0.717, 1.165) is 0 Å². The fourth-order valence-corrected chi connectivity index (χ4v) is 0.177. The van der Waals surface area contributed by atoms with Crippen LogP contribution in [0.25, 0.3) is 0 Å². The van der Waals surface area contributed by atoms with Gasteiger partial charge < -0.3 is 0 Å². The monoisotopic (exact) mass is 114 g/mol. The van der Waals surface area contributed by atoms with Crippen LogP contribution in [0.15, 0.2) is 0 Å². The van der Waals surface area contributed by atoms with Gasteiger partial charge in [-0.15, -0.1) is 18.2 Å². The maximum absolute atomic E-state index is 5.15. The van der Waals surface area contributed by atoms with E-state index in [4.69, 9.17) is 6.42 Å². The zero-order valence-electron chi connectivity index (χ0n) is 4.99. The highest BCUT2D eigenvalue weighted by Crippen LogP contribution is 2.18. The van der Waals surface area contributed by atoms with Crippen molar-refractivity contribution in [1.29, 1.82) is 0 Å². The van der Waals surface area contributed by atoms with Crippen molar-refractivity contribution in [3.8, 4) is 12.3 Å². The molecule has 0 spiro atoms. The van der Waals surface area contributed by atoms with Crippen molar-refractivity contribution in [2.75, 3.05) is 6.26 Å². The highest BCUT2D eigenvalue weighted by molar-refractivity contribution is 8.00. The molecule has 0 aromatic heterocycles. The number of rotatable bonds is 1. The number of terminal acetylenes is 1. The van der Waals surface area contributed by atoms with E-state index in [-0.39, 0.29) is 4.75 Å². The largest absolute Gasteiger partial charge is 0.146 e. The molecule has 0 fully saturated rings. The third kappa shape index (κ3) is 2.59. The Balaban J connectivity index is 3.66. The molecule has 0 saturated carbocycles. The van der Waals surface area contributed by atoms with Gasteiger partial charge in [-0.25, -0.2) is 0 Å². The maximum atomic E-state index is 5.15. The molecule has 0 aromatic carbocycles. The van der Waals surface area contributed by atoms with E-state index in [1.54, 1.807) is 11.8 Å². The van der Waals surface area contributed by atoms with Crippen molar-refractivity contribution in [3.63, 3.8) is 0 Å². The van der Waals surface area contributed by atoms with E-state index < -0.39 is 0 Å². The van der Waals surface area contributed by atoms with Gasteiger partial charge in [0.1, 0.15) is 0 Å². The van der Waals surface area contributed by atoms with Crippen LogP contribution in [0.2, 0.25) is 0 Å². The molecule has 0 bridgehead atoms. The molecule has 0 nitrogen and oxygen atoms in total. The standard InChI is InChI=1S/C6H10S/c1-5-6(2,3)7-4/h1H,2-4H3. The van der Waals surface area contributed by atoms with Crippen LogP contribution in [0.5, 0.6) is 0 Å². The van der Waals surface area contributed by atoms with Crippen LogP contribution in [-0.2, 0) is 0 Å². The lowest BCUT2D eigenvalue weighted by Gasteiger charge is -2.11. The summed E-state index contributed by atoms with van der Waals surface area (Å²) in [7, 11) is 0. The van der Waals surface area contributed by atoms with E-state index >= 15 is 0 Å². The van der Waals surface area contributed by atoms with Crippen LogP contribution in [0.4, 0.5) is 0 Å². The van der Waals surface area contributed by atoms with E-state index in [2.05, 4.69) is 5.92 Å². The van der Waals surface area contributed by atoms with Crippen molar-refractivity contribution in [1.82, 2.24) is 0 Å². The van der Waals surface area contributed by atoms with Crippen molar-refractivity contribution >= 4 is 11.8 Å². The fourth-order valence-electron chi connectivity index (χ4n) is 0.0589. The second-order valence-electron chi connectivity index (χ2n) is 1.86. The van der Waals surface area contributed by atoms with Gasteiger partial charge in [-0.1, -0.05) is 5.92 Å². The summed E-state index contributed by atoms with van der Waals surface area (Å²) in [6, 6.07) is 0. The molecule has 1 heteroatoms. The molecule has 0 amide bonds. The van der Waals surface area contributed by atoms with Gasteiger partial charge in [-0.3, -0.25) is 0 Å². The van der Waals surface area contributed by atoms with Crippen LogP contribution >= 0.6 is 11.8 Å². The molecule has 0 saturated heterocycles. The van der Waals surface area contributed by atoms with E-state index in [1.807, 2.05) is 20.1 Å². The van der Waals surface area contributed by atoms with Crippen LogP contribution in [0.1, 0.15) is 13.8 Å². The normalized spacial score (nSPS) is 10.6. The smallest absolute Gasteiger partial charge is 0.0703 e. The third-order valence-electron chi connectivity index (χ3n) is 0.858. The zero-order chi connectivity index (χ0) is 5.91. The molecule has 0 rings (SSSR count). The first-order chi connectivity index (χ1) is 3.12. The molecular formula is C6H10S. The van der Waals surface area contributed by atoms with E-state index in [0.29, 0.717) is 0 Å². The fraction of sp³-hybridized carbons (Fsp3) is 0.667. The summed E-state index contributed by atoms with van der Waals surface area (Å²) < 4.78 is 0.0278. The Morgan fingerprint density at radius 3 is 2.00 bits per heavy atom. The van der Waals surface area contributed by atoms with Gasteiger partial charge in [0, 0.05) is 0 Å². The Kier molecular flexibility index (Phi) is 2.25. The van der Waals surface area contributed by atoms with Gasteiger partial charge in [0.05, 0.1) is 4.75 Å². The molecular weight excluding hydrogens is 104 g/mol. The average molecular weight is 114 g/mol. The molecule has 0 radical (unpaired) electrons. The van der Waals surface area contributed by atoms with E-state index in [9.17, 15) is 0 Å². The maximum Gasteiger partial charge on any atom is 0.0703 e. The minimum atomic E-state index is 0.0278. The first-order valence-electron chi connectivity index (χ1n) is 2.15. The summed E-state index contributed by atoms with van der Waals surface area (Å²) in [6.07, 6.45) is 7.16. The molecule has 7 heavy (non-hydrogen) atoms. The molecule has 0 aliphatic carbocycles. The summed E-state index contributed by atoms with van der Waals surface area (Å²) >= 11 is 1.69. The van der Waals surface area contributed by atoms with Gasteiger partial charge in [-0.05, 0) is 20.1 Å². The lowest BCUT2D eigenvalue weighted by atomic mass is 10.2. The van der Waals surface area contributed by atoms with Crippen molar-refractivity contribution in [2.24, 2.45) is 0 Å². The number of hydrogen-bond donors (Lipinski definition) is 0. The summed E-state index contributed by atoms with van der Waals surface area (Å²) in [6.45, 7) is 4.05. The van der Waals surface area contributed by atoms with Crippen LogP contribution in [0, 0.1) is 12.3 Å². The molecule has 0 aliphatic rings. The second-order valence-corrected chi connectivity index (χ2v) is 3.29. The minimum absolute atomic E-state index is 0.0278. The summed E-state index contributed by atoms with van der Waals surface area (Å²) in [5.41, 5.74) is 0. The van der Waals surface area contributed by atoms with Crippen LogP contribution in [0.3, 0.4) is 0 Å². The summed E-state index contributed by atoms with van der Waals surface area (Å²) in [4.78, 5) is 0. The SMILES string of the molecule is C#CC(C)(C)SC. The van der Waals surface area contributed by atoms with Crippen molar-refractivity contribution < 1.29 is 0 Å². The Hall–Kier alpha value is -0.0900. The molecule has 40 valence electrons. The van der Waals surface area contributed by atoms with Crippen LogP contribution < -0.4 is 0 Å². The highest BCUT2D eigenvalue weighted by atomic mass is 32.2. The van der Waals surface area contributed by atoms with Gasteiger partial charge in [0.15, 0.2) is 0 Å². The zero-order valence-corrected chi connectivity index (χ0v) is 5.80. The minimum Gasteiger partial charge on any atom is -0.146 e. The van der Waals surface area contributed by atoms with Gasteiger partial charge in [-0.2, -0.15) is 0 Å². The van der Waals surface area contributed by atoms with Gasteiger partial charge >= 0.3 is 0 Å². The molecule has 0 unspecified atom stereocenters. The third-order valence-corrected chi connectivity index (χ3v) is 2.00. The predicted octanol–water partition coefficient (Wildman–Crippen LogP) is 1.76. The highest BCUT2D eigenvalue weighted by Gasteiger charge is 2.08. The van der Waals surface area contributed by atoms with Gasteiger partial charge in [0.2, 0.25) is 0 Å². The summed E-state index contributed by atoms with van der Waals surface area (Å²) in [5.74, 6) is 2.65. The Labute approximate surface area is 49.7 Å². The second kappa shape index (κ2) is 2.28. The molecule has 0 atom stereocenters.